The predicted molar refractivity (Wildman–Crippen MR) is 63.2 cm³/mol. The van der Waals surface area contributed by atoms with Gasteiger partial charge in [0.05, 0.1) is 23.9 Å². The first kappa shape index (κ1) is 14.1. The molecule has 0 spiro atoms. The van der Waals surface area contributed by atoms with Crippen molar-refractivity contribution in [2.24, 2.45) is 0 Å². The lowest BCUT2D eigenvalue weighted by atomic mass is 10.2. The maximum Gasteiger partial charge on any atom is 0.389 e. The van der Waals surface area contributed by atoms with Crippen molar-refractivity contribution in [1.29, 1.82) is 0 Å². The molecule has 1 rings (SSSR count). The van der Waals surface area contributed by atoms with E-state index in [2.05, 4.69) is 10.4 Å². The van der Waals surface area contributed by atoms with Crippen molar-refractivity contribution in [2.45, 2.75) is 32.4 Å². The number of nitro groups is 1. The van der Waals surface area contributed by atoms with E-state index in [0.29, 0.717) is 19.5 Å². The van der Waals surface area contributed by atoms with E-state index in [-0.39, 0.29) is 5.82 Å². The molecule has 1 aromatic rings. The summed E-state index contributed by atoms with van der Waals surface area (Å²) < 4.78 is 1.41. The SMILES string of the molecule is CCCC(NCCn1ccc([N+](=O)[O-])n1)C(=O)O. The van der Waals surface area contributed by atoms with Crippen molar-refractivity contribution in [3.05, 3.63) is 22.4 Å². The quantitative estimate of drug-likeness (QED) is 0.521. The Morgan fingerprint density at radius 1 is 1.72 bits per heavy atom. The normalized spacial score (nSPS) is 12.3. The van der Waals surface area contributed by atoms with E-state index >= 15 is 0 Å². The van der Waals surface area contributed by atoms with Crippen molar-refractivity contribution in [3.8, 4) is 0 Å². The molecule has 0 aliphatic heterocycles. The van der Waals surface area contributed by atoms with Gasteiger partial charge in [-0.15, -0.1) is 0 Å². The molecule has 0 fully saturated rings. The number of nitrogens with zero attached hydrogens (tertiary/aromatic N) is 3. The fourth-order valence-corrected chi connectivity index (χ4v) is 1.53. The first-order valence-electron chi connectivity index (χ1n) is 5.68. The largest absolute Gasteiger partial charge is 0.480 e. The van der Waals surface area contributed by atoms with Crippen LogP contribution >= 0.6 is 0 Å². The Labute approximate surface area is 104 Å². The molecular formula is C10H16N4O4. The van der Waals surface area contributed by atoms with Crippen LogP contribution < -0.4 is 5.32 Å². The maximum absolute atomic E-state index is 10.9. The molecule has 2 N–H and O–H groups in total. The Bertz CT molecular complexity index is 418. The summed E-state index contributed by atoms with van der Waals surface area (Å²) in [5, 5.41) is 25.9. The number of nitrogens with one attached hydrogen (secondary N) is 1. The van der Waals surface area contributed by atoms with Crippen LogP contribution in [-0.4, -0.2) is 38.4 Å². The highest BCUT2D eigenvalue weighted by atomic mass is 16.6. The molecule has 8 heteroatoms. The van der Waals surface area contributed by atoms with Gasteiger partial charge >= 0.3 is 11.8 Å². The monoisotopic (exact) mass is 256 g/mol. The number of hydrogen-bond acceptors (Lipinski definition) is 5. The van der Waals surface area contributed by atoms with Crippen LogP contribution in [0.25, 0.3) is 0 Å². The van der Waals surface area contributed by atoms with Gasteiger partial charge in [-0.1, -0.05) is 13.3 Å². The molecule has 100 valence electrons. The smallest absolute Gasteiger partial charge is 0.389 e. The van der Waals surface area contributed by atoms with Crippen molar-refractivity contribution in [3.63, 3.8) is 0 Å². The van der Waals surface area contributed by atoms with Crippen LogP contribution in [0, 0.1) is 10.1 Å². The molecule has 1 aromatic heterocycles. The third kappa shape index (κ3) is 4.13. The second-order valence-corrected chi connectivity index (χ2v) is 3.83. The fourth-order valence-electron chi connectivity index (χ4n) is 1.53. The third-order valence-electron chi connectivity index (χ3n) is 2.42. The van der Waals surface area contributed by atoms with Gasteiger partial charge in [0, 0.05) is 6.54 Å². The molecule has 0 aliphatic carbocycles. The molecule has 1 unspecified atom stereocenters. The average Bonchev–Trinajstić information content (AvgIpc) is 2.76. The van der Waals surface area contributed by atoms with Crippen molar-refractivity contribution >= 4 is 11.8 Å². The van der Waals surface area contributed by atoms with Crippen LogP contribution in [-0.2, 0) is 11.3 Å². The molecule has 0 bridgehead atoms. The lowest BCUT2D eigenvalue weighted by Crippen LogP contribution is -2.38. The highest BCUT2D eigenvalue weighted by Crippen LogP contribution is 2.04. The van der Waals surface area contributed by atoms with Crippen molar-refractivity contribution < 1.29 is 14.8 Å². The topological polar surface area (TPSA) is 110 Å². The van der Waals surface area contributed by atoms with Crippen LogP contribution in [0.2, 0.25) is 0 Å². The minimum absolute atomic E-state index is 0.210. The Morgan fingerprint density at radius 2 is 2.44 bits per heavy atom. The summed E-state index contributed by atoms with van der Waals surface area (Å²) in [6, 6.07) is 0.723. The minimum Gasteiger partial charge on any atom is -0.480 e. The van der Waals surface area contributed by atoms with E-state index < -0.39 is 16.9 Å². The van der Waals surface area contributed by atoms with Gasteiger partial charge in [-0.3, -0.25) is 4.79 Å². The molecule has 8 nitrogen and oxygen atoms in total. The first-order chi connectivity index (χ1) is 8.54. The Hall–Kier alpha value is -1.96. The lowest BCUT2D eigenvalue weighted by molar-refractivity contribution is -0.389. The first-order valence-corrected chi connectivity index (χ1v) is 5.68. The number of aliphatic carboxylic acids is 1. The highest BCUT2D eigenvalue weighted by molar-refractivity contribution is 5.73. The zero-order valence-corrected chi connectivity index (χ0v) is 10.1. The summed E-state index contributed by atoms with van der Waals surface area (Å²) in [7, 11) is 0. The van der Waals surface area contributed by atoms with Crippen LogP contribution in [0.3, 0.4) is 0 Å². The number of carboxylic acid groups (broad SMARTS) is 1. The summed E-state index contributed by atoms with van der Waals surface area (Å²) in [6.07, 6.45) is 2.82. The van der Waals surface area contributed by atoms with Gasteiger partial charge in [-0.2, -0.15) is 4.68 Å². The third-order valence-corrected chi connectivity index (χ3v) is 2.42. The van der Waals surface area contributed by atoms with Gasteiger partial charge in [0.15, 0.2) is 0 Å². The van der Waals surface area contributed by atoms with Gasteiger partial charge in [0.1, 0.15) is 6.04 Å². The zero-order valence-electron chi connectivity index (χ0n) is 10.1. The Kier molecular flexibility index (Phi) is 5.25. The van der Waals surface area contributed by atoms with E-state index in [0.717, 1.165) is 6.42 Å². The number of carboxylic acids is 1. The van der Waals surface area contributed by atoms with E-state index in [9.17, 15) is 14.9 Å². The van der Waals surface area contributed by atoms with Gasteiger partial charge in [0.25, 0.3) is 0 Å². The summed E-state index contributed by atoms with van der Waals surface area (Å²) in [4.78, 5) is 20.7. The van der Waals surface area contributed by atoms with Crippen LogP contribution in [0.15, 0.2) is 12.3 Å². The lowest BCUT2D eigenvalue weighted by Gasteiger charge is -2.12. The van der Waals surface area contributed by atoms with Crippen LogP contribution in [0.5, 0.6) is 0 Å². The molecule has 0 saturated carbocycles. The van der Waals surface area contributed by atoms with E-state index in [1.165, 1.54) is 16.9 Å². The van der Waals surface area contributed by atoms with E-state index in [1.54, 1.807) is 0 Å². The van der Waals surface area contributed by atoms with Crippen LogP contribution in [0.1, 0.15) is 19.8 Å². The molecule has 0 amide bonds. The highest BCUT2D eigenvalue weighted by Gasteiger charge is 2.15. The van der Waals surface area contributed by atoms with Gasteiger partial charge < -0.3 is 20.5 Å². The number of rotatable bonds is 8. The molecule has 1 atom stereocenters. The molecular weight excluding hydrogens is 240 g/mol. The maximum atomic E-state index is 10.9. The molecule has 18 heavy (non-hydrogen) atoms. The average molecular weight is 256 g/mol. The molecule has 0 saturated heterocycles. The molecule has 1 heterocycles. The number of aromatic nitrogens is 2. The van der Waals surface area contributed by atoms with Gasteiger partial charge in [-0.25, -0.2) is 0 Å². The molecule has 0 aromatic carbocycles. The van der Waals surface area contributed by atoms with Gasteiger partial charge in [0.2, 0.25) is 0 Å². The second-order valence-electron chi connectivity index (χ2n) is 3.83. The summed E-state index contributed by atoms with van der Waals surface area (Å²) in [6.45, 7) is 2.70. The van der Waals surface area contributed by atoms with Crippen molar-refractivity contribution in [1.82, 2.24) is 15.1 Å². The summed E-state index contributed by atoms with van der Waals surface area (Å²) in [5.41, 5.74) is 0. The number of carbonyl (C=O) groups is 1. The van der Waals surface area contributed by atoms with Gasteiger partial charge in [-0.05, 0) is 11.3 Å². The standard InChI is InChI=1S/C10H16N4O4/c1-2-3-8(10(15)16)11-5-7-13-6-4-9(12-13)14(17)18/h4,6,8,11H,2-3,5,7H2,1H3,(H,15,16). The van der Waals surface area contributed by atoms with E-state index in [1.807, 2.05) is 6.92 Å². The summed E-state index contributed by atoms with van der Waals surface area (Å²) in [5.74, 6) is -1.10. The molecule has 0 radical (unpaired) electrons. The fraction of sp³-hybridized carbons (Fsp3) is 0.600. The molecule has 0 aliphatic rings. The predicted octanol–water partition coefficient (Wildman–Crippen LogP) is 0.634. The summed E-state index contributed by atoms with van der Waals surface area (Å²) >= 11 is 0. The number of hydrogen-bond donors (Lipinski definition) is 2. The minimum atomic E-state index is -0.886. The van der Waals surface area contributed by atoms with E-state index in [4.69, 9.17) is 5.11 Å². The van der Waals surface area contributed by atoms with Crippen LogP contribution in [0.4, 0.5) is 5.82 Å². The Balaban J connectivity index is 2.40. The zero-order chi connectivity index (χ0) is 13.5. The van der Waals surface area contributed by atoms with Crippen molar-refractivity contribution in [2.75, 3.05) is 6.54 Å². The Morgan fingerprint density at radius 3 is 2.94 bits per heavy atom. The second kappa shape index (κ2) is 6.70.